The number of rotatable bonds is 4. The molecule has 146 valence electrons. The Morgan fingerprint density at radius 3 is 2.90 bits per heavy atom. The maximum Gasteiger partial charge on any atom is 0.274 e. The van der Waals surface area contributed by atoms with E-state index < -0.39 is 11.9 Å². The first-order valence-corrected chi connectivity index (χ1v) is 9.64. The molecule has 1 fully saturated rings. The van der Waals surface area contributed by atoms with E-state index in [2.05, 4.69) is 15.5 Å². The average Bonchev–Trinajstić information content (AvgIpc) is 3.41. The van der Waals surface area contributed by atoms with Gasteiger partial charge < -0.3 is 9.84 Å². The number of pyridine rings is 1. The van der Waals surface area contributed by atoms with Crippen LogP contribution in [0.25, 0.3) is 0 Å². The monoisotopic (exact) mass is 388 g/mol. The molecule has 0 saturated heterocycles. The fraction of sp³-hybridized carbons (Fsp3) is 0.273. The molecule has 2 aliphatic rings. The Labute approximate surface area is 167 Å². The van der Waals surface area contributed by atoms with Crippen LogP contribution in [0.3, 0.4) is 0 Å². The summed E-state index contributed by atoms with van der Waals surface area (Å²) in [4.78, 5) is 31.7. The number of hydrogen-bond acceptors (Lipinski definition) is 5. The molecule has 2 aromatic heterocycles. The normalized spacial score (nSPS) is 22.4. The molecule has 0 radical (unpaired) electrons. The van der Waals surface area contributed by atoms with E-state index >= 15 is 0 Å². The van der Waals surface area contributed by atoms with E-state index in [-0.39, 0.29) is 23.4 Å². The number of carbonyl (C=O) groups is 2. The molecule has 5 rings (SSSR count). The largest absolute Gasteiger partial charge is 0.360 e. The van der Waals surface area contributed by atoms with E-state index in [0.29, 0.717) is 18.0 Å². The van der Waals surface area contributed by atoms with Crippen LogP contribution < -0.4 is 10.2 Å². The van der Waals surface area contributed by atoms with Gasteiger partial charge in [0, 0.05) is 25.7 Å². The standard InChI is InChI=1S/C22H20N4O3/c1-26-20-15(8-5-9-23-20)16-12-17(16)19(22(26)28)24-21(27)18-11-14(29-25-18)10-13-6-3-2-4-7-13/h2-9,11,16-17,19H,10,12H2,1H3,(H,24,27)/t16-,17?,19-/m0/s1. The van der Waals surface area contributed by atoms with Gasteiger partial charge in [0.15, 0.2) is 5.69 Å². The predicted molar refractivity (Wildman–Crippen MR) is 106 cm³/mol. The Balaban J connectivity index is 1.32. The van der Waals surface area contributed by atoms with Crippen molar-refractivity contribution in [2.75, 3.05) is 11.9 Å². The van der Waals surface area contributed by atoms with Crippen molar-refractivity contribution in [3.05, 3.63) is 77.3 Å². The van der Waals surface area contributed by atoms with E-state index in [1.807, 2.05) is 42.5 Å². The van der Waals surface area contributed by atoms with Gasteiger partial charge >= 0.3 is 0 Å². The third-order valence-corrected chi connectivity index (χ3v) is 5.70. The van der Waals surface area contributed by atoms with E-state index in [4.69, 9.17) is 4.52 Å². The highest BCUT2D eigenvalue weighted by atomic mass is 16.5. The minimum atomic E-state index is -0.596. The molecule has 3 atom stereocenters. The molecule has 1 aliphatic heterocycles. The second-order valence-corrected chi connectivity index (χ2v) is 7.61. The predicted octanol–water partition coefficient (Wildman–Crippen LogP) is 2.54. The Bertz CT molecular complexity index is 1080. The molecular formula is C22H20N4O3. The number of hydrogen-bond donors (Lipinski definition) is 1. The second-order valence-electron chi connectivity index (χ2n) is 7.61. The highest BCUT2D eigenvalue weighted by Crippen LogP contribution is 2.53. The Kier molecular flexibility index (Phi) is 4.16. The summed E-state index contributed by atoms with van der Waals surface area (Å²) in [6.45, 7) is 0. The Hall–Kier alpha value is -3.48. The summed E-state index contributed by atoms with van der Waals surface area (Å²) in [6.07, 6.45) is 3.10. The van der Waals surface area contributed by atoms with Crippen molar-refractivity contribution >= 4 is 17.6 Å². The van der Waals surface area contributed by atoms with Gasteiger partial charge in [0.05, 0.1) is 0 Å². The van der Waals surface area contributed by atoms with Gasteiger partial charge in [-0.15, -0.1) is 0 Å². The van der Waals surface area contributed by atoms with E-state index in [1.54, 1.807) is 19.3 Å². The molecule has 3 heterocycles. The van der Waals surface area contributed by atoms with Crippen molar-refractivity contribution in [3.8, 4) is 0 Å². The minimum absolute atomic E-state index is 0.0787. The second kappa shape index (κ2) is 6.84. The van der Waals surface area contributed by atoms with Crippen LogP contribution in [-0.2, 0) is 11.2 Å². The van der Waals surface area contributed by atoms with Crippen molar-refractivity contribution < 1.29 is 14.1 Å². The van der Waals surface area contributed by atoms with E-state index in [1.165, 1.54) is 4.90 Å². The van der Waals surface area contributed by atoms with Gasteiger partial charge in [-0.1, -0.05) is 41.6 Å². The first kappa shape index (κ1) is 17.6. The zero-order valence-corrected chi connectivity index (χ0v) is 15.9. The fourth-order valence-corrected chi connectivity index (χ4v) is 4.10. The quantitative estimate of drug-likeness (QED) is 0.742. The van der Waals surface area contributed by atoms with Gasteiger partial charge in [0.1, 0.15) is 17.6 Å². The molecule has 0 spiro atoms. The van der Waals surface area contributed by atoms with Crippen LogP contribution in [0.1, 0.15) is 39.7 Å². The van der Waals surface area contributed by atoms with Crippen LogP contribution in [0.5, 0.6) is 0 Å². The number of anilines is 1. The molecule has 7 heteroatoms. The molecule has 3 aromatic rings. The van der Waals surface area contributed by atoms with Crippen LogP contribution in [0, 0.1) is 5.92 Å². The number of nitrogens with zero attached hydrogens (tertiary/aromatic N) is 3. The molecule has 7 nitrogen and oxygen atoms in total. The smallest absolute Gasteiger partial charge is 0.274 e. The first-order valence-electron chi connectivity index (χ1n) is 9.64. The summed E-state index contributed by atoms with van der Waals surface area (Å²) < 4.78 is 5.32. The molecule has 2 amide bonds. The topological polar surface area (TPSA) is 88.3 Å². The maximum absolute atomic E-state index is 13.0. The molecule has 1 saturated carbocycles. The number of aromatic nitrogens is 2. The first-order chi connectivity index (χ1) is 14.1. The summed E-state index contributed by atoms with van der Waals surface area (Å²) in [5.74, 6) is 1.04. The summed E-state index contributed by atoms with van der Waals surface area (Å²) in [6, 6.07) is 14.8. The van der Waals surface area contributed by atoms with Gasteiger partial charge in [0.25, 0.3) is 11.8 Å². The lowest BCUT2D eigenvalue weighted by atomic mass is 10.1. The molecule has 0 bridgehead atoms. The van der Waals surface area contributed by atoms with Crippen LogP contribution in [0.15, 0.2) is 59.3 Å². The minimum Gasteiger partial charge on any atom is -0.360 e. The summed E-state index contributed by atoms with van der Waals surface area (Å²) in [5, 5.41) is 6.78. The highest BCUT2D eigenvalue weighted by Gasteiger charge is 2.52. The van der Waals surface area contributed by atoms with Gasteiger partial charge in [-0.3, -0.25) is 14.5 Å². The van der Waals surface area contributed by atoms with Crippen molar-refractivity contribution in [2.24, 2.45) is 5.92 Å². The van der Waals surface area contributed by atoms with Crippen molar-refractivity contribution in [2.45, 2.75) is 24.8 Å². The SMILES string of the molecule is CN1C(=O)[C@@H](NC(=O)c2cc(Cc3ccccc3)on2)C2C[C@H]2c2cccnc21. The van der Waals surface area contributed by atoms with Crippen molar-refractivity contribution in [3.63, 3.8) is 0 Å². The lowest BCUT2D eigenvalue weighted by Crippen LogP contribution is -2.48. The van der Waals surface area contributed by atoms with Crippen LogP contribution in [-0.4, -0.2) is 35.0 Å². The van der Waals surface area contributed by atoms with Gasteiger partial charge in [-0.05, 0) is 35.4 Å². The average molecular weight is 388 g/mol. The summed E-state index contributed by atoms with van der Waals surface area (Å²) in [7, 11) is 1.70. The van der Waals surface area contributed by atoms with Crippen molar-refractivity contribution in [1.82, 2.24) is 15.5 Å². The summed E-state index contributed by atoms with van der Waals surface area (Å²) >= 11 is 0. The molecular weight excluding hydrogens is 368 g/mol. The number of likely N-dealkylation sites (N-methyl/N-ethyl adjacent to an activating group) is 1. The lowest BCUT2D eigenvalue weighted by Gasteiger charge is -2.22. The number of amides is 2. The van der Waals surface area contributed by atoms with Crippen molar-refractivity contribution in [1.29, 1.82) is 0 Å². The number of nitrogens with one attached hydrogen (secondary N) is 1. The van der Waals surface area contributed by atoms with Crippen LogP contribution >= 0.6 is 0 Å². The van der Waals surface area contributed by atoms with Gasteiger partial charge in [0.2, 0.25) is 0 Å². The zero-order valence-electron chi connectivity index (χ0n) is 15.9. The van der Waals surface area contributed by atoms with Gasteiger partial charge in [-0.25, -0.2) is 4.98 Å². The molecule has 1 aromatic carbocycles. The molecule has 1 unspecified atom stereocenters. The van der Waals surface area contributed by atoms with E-state index in [0.717, 1.165) is 17.5 Å². The third-order valence-electron chi connectivity index (χ3n) is 5.70. The molecule has 29 heavy (non-hydrogen) atoms. The molecule has 1 aliphatic carbocycles. The highest BCUT2D eigenvalue weighted by molar-refractivity contribution is 6.02. The third kappa shape index (κ3) is 3.18. The number of carbonyl (C=O) groups excluding carboxylic acids is 2. The van der Waals surface area contributed by atoms with Crippen LogP contribution in [0.2, 0.25) is 0 Å². The lowest BCUT2D eigenvalue weighted by molar-refractivity contribution is -0.120. The Morgan fingerprint density at radius 2 is 2.07 bits per heavy atom. The number of benzene rings is 1. The molecule has 1 N–H and O–H groups in total. The fourth-order valence-electron chi connectivity index (χ4n) is 4.10. The summed E-state index contributed by atoms with van der Waals surface area (Å²) in [5.41, 5.74) is 2.32. The maximum atomic E-state index is 13.0. The zero-order chi connectivity index (χ0) is 20.0. The van der Waals surface area contributed by atoms with E-state index in [9.17, 15) is 9.59 Å². The van der Waals surface area contributed by atoms with Crippen LogP contribution in [0.4, 0.5) is 5.82 Å². The van der Waals surface area contributed by atoms with Gasteiger partial charge in [-0.2, -0.15) is 0 Å². The number of fused-ring (bicyclic) bond motifs is 3. The Morgan fingerprint density at radius 1 is 1.24 bits per heavy atom.